The Kier molecular flexibility index (Phi) is 6.18. The molecule has 0 unspecified atom stereocenters. The molecular weight excluding hydrogens is 288 g/mol. The molecule has 0 fully saturated rings. The average molecular weight is 312 g/mol. The maximum absolute atomic E-state index is 12.3. The minimum Gasteiger partial charge on any atom is -0.495 e. The standard InChI is InChI=1S/C19H24N2O2/c1-3-21(14-15-7-5-4-6-8-15)12-11-18(22)16-9-10-19(23-2)17(20)13-16/h4-10,13H,3,11-12,14,20H2,1-2H3. The predicted octanol–water partition coefficient (Wildman–Crippen LogP) is 3.37. The van der Waals surface area contributed by atoms with Crippen LogP contribution in [0.5, 0.6) is 5.75 Å². The minimum absolute atomic E-state index is 0.103. The molecule has 0 aliphatic heterocycles. The van der Waals surface area contributed by atoms with Crippen LogP contribution in [0.3, 0.4) is 0 Å². The van der Waals surface area contributed by atoms with E-state index in [1.165, 1.54) is 5.56 Å². The zero-order valence-electron chi connectivity index (χ0n) is 13.8. The molecular formula is C19H24N2O2. The molecule has 2 aromatic carbocycles. The van der Waals surface area contributed by atoms with Crippen LogP contribution in [0.25, 0.3) is 0 Å². The number of carbonyl (C=O) groups excluding carboxylic acids is 1. The number of methoxy groups -OCH3 is 1. The summed E-state index contributed by atoms with van der Waals surface area (Å²) in [6.45, 7) is 4.61. The van der Waals surface area contributed by atoms with Gasteiger partial charge in [0.15, 0.2) is 5.78 Å². The molecule has 2 N–H and O–H groups in total. The maximum atomic E-state index is 12.3. The minimum atomic E-state index is 0.103. The third-order valence-corrected chi connectivity index (χ3v) is 3.90. The van der Waals surface area contributed by atoms with Crippen molar-refractivity contribution in [2.45, 2.75) is 19.9 Å². The molecule has 2 rings (SSSR count). The van der Waals surface area contributed by atoms with E-state index in [1.807, 2.05) is 18.2 Å². The molecule has 4 nitrogen and oxygen atoms in total. The fourth-order valence-corrected chi connectivity index (χ4v) is 2.50. The number of nitrogens with two attached hydrogens (primary N) is 1. The number of benzene rings is 2. The first kappa shape index (κ1) is 17.0. The summed E-state index contributed by atoms with van der Waals surface area (Å²) in [7, 11) is 1.57. The molecule has 0 saturated carbocycles. The smallest absolute Gasteiger partial charge is 0.164 e. The molecule has 0 atom stereocenters. The van der Waals surface area contributed by atoms with Gasteiger partial charge in [0.2, 0.25) is 0 Å². The summed E-state index contributed by atoms with van der Waals surface area (Å²) in [6, 6.07) is 15.5. The van der Waals surface area contributed by atoms with Crippen molar-refractivity contribution in [1.29, 1.82) is 0 Å². The average Bonchev–Trinajstić information content (AvgIpc) is 2.59. The second-order valence-electron chi connectivity index (χ2n) is 5.48. The van der Waals surface area contributed by atoms with E-state index in [1.54, 1.807) is 25.3 Å². The summed E-state index contributed by atoms with van der Waals surface area (Å²) in [6.07, 6.45) is 0.479. The van der Waals surface area contributed by atoms with Crippen molar-refractivity contribution in [2.75, 3.05) is 25.9 Å². The van der Waals surface area contributed by atoms with E-state index >= 15 is 0 Å². The van der Waals surface area contributed by atoms with Crippen molar-refractivity contribution >= 4 is 11.5 Å². The molecule has 23 heavy (non-hydrogen) atoms. The van der Waals surface area contributed by atoms with Crippen molar-refractivity contribution in [2.24, 2.45) is 0 Å². The Bertz CT molecular complexity index is 641. The number of ketones is 1. The number of anilines is 1. The van der Waals surface area contributed by atoms with Gasteiger partial charge in [-0.05, 0) is 30.3 Å². The molecule has 0 heterocycles. The van der Waals surface area contributed by atoms with Gasteiger partial charge in [0, 0.05) is 25.1 Å². The molecule has 0 bridgehead atoms. The second kappa shape index (κ2) is 8.34. The van der Waals surface area contributed by atoms with E-state index in [4.69, 9.17) is 10.5 Å². The summed E-state index contributed by atoms with van der Waals surface area (Å²) < 4.78 is 5.12. The summed E-state index contributed by atoms with van der Waals surface area (Å²) in [5, 5.41) is 0. The topological polar surface area (TPSA) is 55.6 Å². The molecule has 0 amide bonds. The number of carbonyl (C=O) groups is 1. The first-order chi connectivity index (χ1) is 11.1. The van der Waals surface area contributed by atoms with Crippen molar-refractivity contribution < 1.29 is 9.53 Å². The van der Waals surface area contributed by atoms with Crippen molar-refractivity contribution in [3.63, 3.8) is 0 Å². The van der Waals surface area contributed by atoms with Gasteiger partial charge >= 0.3 is 0 Å². The van der Waals surface area contributed by atoms with E-state index in [2.05, 4.69) is 24.0 Å². The van der Waals surface area contributed by atoms with Gasteiger partial charge in [-0.1, -0.05) is 37.3 Å². The normalized spacial score (nSPS) is 10.7. The van der Waals surface area contributed by atoms with Crippen molar-refractivity contribution in [3.05, 3.63) is 59.7 Å². The van der Waals surface area contributed by atoms with E-state index in [0.29, 0.717) is 23.4 Å². The fraction of sp³-hybridized carbons (Fsp3) is 0.316. The number of hydrogen-bond donors (Lipinski definition) is 1. The Morgan fingerprint density at radius 2 is 1.91 bits per heavy atom. The maximum Gasteiger partial charge on any atom is 0.164 e. The number of rotatable bonds is 8. The van der Waals surface area contributed by atoms with E-state index in [0.717, 1.165) is 19.6 Å². The second-order valence-corrected chi connectivity index (χ2v) is 5.48. The number of Topliss-reactive ketones (excluding diaryl/α,β-unsaturated/α-hetero) is 1. The Morgan fingerprint density at radius 1 is 1.17 bits per heavy atom. The molecule has 0 spiro atoms. The van der Waals surface area contributed by atoms with Crippen LogP contribution in [0.2, 0.25) is 0 Å². The van der Waals surface area contributed by atoms with Gasteiger partial charge in [-0.25, -0.2) is 0 Å². The van der Waals surface area contributed by atoms with Crippen LogP contribution >= 0.6 is 0 Å². The highest BCUT2D eigenvalue weighted by atomic mass is 16.5. The molecule has 122 valence electrons. The highest BCUT2D eigenvalue weighted by Gasteiger charge is 2.11. The highest BCUT2D eigenvalue weighted by Crippen LogP contribution is 2.22. The van der Waals surface area contributed by atoms with Crippen LogP contribution in [0.1, 0.15) is 29.3 Å². The lowest BCUT2D eigenvalue weighted by atomic mass is 10.1. The summed E-state index contributed by atoms with van der Waals surface area (Å²) in [5.41, 5.74) is 8.26. The fourth-order valence-electron chi connectivity index (χ4n) is 2.50. The Hall–Kier alpha value is -2.33. The van der Waals surface area contributed by atoms with Crippen molar-refractivity contribution in [1.82, 2.24) is 4.90 Å². The number of nitrogen functional groups attached to an aromatic ring is 1. The summed E-state index contributed by atoms with van der Waals surface area (Å²) in [5.74, 6) is 0.701. The Morgan fingerprint density at radius 3 is 2.52 bits per heavy atom. The van der Waals surface area contributed by atoms with Gasteiger partial charge in [0.05, 0.1) is 12.8 Å². The molecule has 0 saturated heterocycles. The van der Waals surface area contributed by atoms with E-state index < -0.39 is 0 Å². The van der Waals surface area contributed by atoms with Crippen LogP contribution in [0, 0.1) is 0 Å². The van der Waals surface area contributed by atoms with Gasteiger partial charge in [0.25, 0.3) is 0 Å². The monoisotopic (exact) mass is 312 g/mol. The molecule has 2 aromatic rings. The molecule has 0 aliphatic carbocycles. The van der Waals surface area contributed by atoms with Crippen LogP contribution < -0.4 is 10.5 Å². The zero-order chi connectivity index (χ0) is 16.7. The van der Waals surface area contributed by atoms with Crippen LogP contribution in [0.15, 0.2) is 48.5 Å². The van der Waals surface area contributed by atoms with Crippen LogP contribution in [0.4, 0.5) is 5.69 Å². The lowest BCUT2D eigenvalue weighted by Crippen LogP contribution is -2.25. The third-order valence-electron chi connectivity index (χ3n) is 3.90. The SMILES string of the molecule is CCN(CCC(=O)c1ccc(OC)c(N)c1)Cc1ccccc1. The lowest BCUT2D eigenvalue weighted by Gasteiger charge is -2.20. The molecule has 0 radical (unpaired) electrons. The van der Waals surface area contributed by atoms with Crippen LogP contribution in [-0.4, -0.2) is 30.9 Å². The zero-order valence-corrected chi connectivity index (χ0v) is 13.8. The summed E-state index contributed by atoms with van der Waals surface area (Å²) in [4.78, 5) is 14.6. The number of nitrogens with zero attached hydrogens (tertiary/aromatic N) is 1. The van der Waals surface area contributed by atoms with Gasteiger partial charge in [-0.2, -0.15) is 0 Å². The van der Waals surface area contributed by atoms with Gasteiger partial charge < -0.3 is 10.5 Å². The third kappa shape index (κ3) is 4.83. The van der Waals surface area contributed by atoms with E-state index in [9.17, 15) is 4.79 Å². The Labute approximate surface area is 137 Å². The van der Waals surface area contributed by atoms with E-state index in [-0.39, 0.29) is 5.78 Å². The molecule has 0 aliphatic rings. The van der Waals surface area contributed by atoms with Crippen molar-refractivity contribution in [3.8, 4) is 5.75 Å². The first-order valence-electron chi connectivity index (χ1n) is 7.87. The molecule has 4 heteroatoms. The van der Waals surface area contributed by atoms with Gasteiger partial charge in [-0.15, -0.1) is 0 Å². The largest absolute Gasteiger partial charge is 0.495 e. The summed E-state index contributed by atoms with van der Waals surface area (Å²) >= 11 is 0. The number of hydrogen-bond acceptors (Lipinski definition) is 4. The van der Waals surface area contributed by atoms with Crippen LogP contribution in [-0.2, 0) is 6.54 Å². The highest BCUT2D eigenvalue weighted by molar-refractivity contribution is 5.97. The lowest BCUT2D eigenvalue weighted by molar-refractivity contribution is 0.0963. The Balaban J connectivity index is 1.93. The van der Waals surface area contributed by atoms with Gasteiger partial charge in [0.1, 0.15) is 5.75 Å². The molecule has 0 aromatic heterocycles. The van der Waals surface area contributed by atoms with Gasteiger partial charge in [-0.3, -0.25) is 9.69 Å². The first-order valence-corrected chi connectivity index (χ1v) is 7.87. The quantitative estimate of drug-likeness (QED) is 0.600. The number of ether oxygens (including phenoxy) is 1. The predicted molar refractivity (Wildman–Crippen MR) is 93.7 cm³/mol.